The maximum Gasteiger partial charge on any atom is 0.272 e. The Kier molecular flexibility index (Phi) is 2.62. The quantitative estimate of drug-likeness (QED) is 0.757. The van der Waals surface area contributed by atoms with Crippen molar-refractivity contribution in [2.45, 2.75) is 32.2 Å². The van der Waals surface area contributed by atoms with Crippen LogP contribution in [0.1, 0.15) is 46.2 Å². The van der Waals surface area contributed by atoms with Crippen molar-refractivity contribution in [2.75, 3.05) is 0 Å². The number of nitrogens with one attached hydrogen (secondary N) is 3. The second kappa shape index (κ2) is 4.29. The third-order valence-electron chi connectivity index (χ3n) is 3.22. The van der Waals surface area contributed by atoms with Gasteiger partial charge < -0.3 is 5.32 Å². The molecule has 2 aromatic heterocycles. The lowest BCUT2D eigenvalue weighted by molar-refractivity contribution is 0.0946. The van der Waals surface area contributed by atoms with E-state index in [0.717, 1.165) is 17.0 Å². The molecule has 0 bridgehead atoms. The van der Waals surface area contributed by atoms with Gasteiger partial charge in [0.05, 0.1) is 6.20 Å². The minimum absolute atomic E-state index is 0.154. The van der Waals surface area contributed by atoms with Crippen molar-refractivity contribution in [1.82, 2.24) is 25.7 Å². The average molecular weight is 245 g/mol. The number of carbonyl (C=O) groups excluding carboxylic acids is 1. The number of aryl methyl sites for hydroxylation is 1. The van der Waals surface area contributed by atoms with E-state index in [1.165, 1.54) is 12.8 Å². The van der Waals surface area contributed by atoms with Gasteiger partial charge in [0.1, 0.15) is 5.69 Å². The fourth-order valence-corrected chi connectivity index (χ4v) is 1.88. The molecule has 6 heteroatoms. The number of hydrogen-bond acceptors (Lipinski definition) is 3. The number of carbonyl (C=O) groups is 1. The second-order valence-corrected chi connectivity index (χ2v) is 4.69. The molecule has 1 aliphatic rings. The van der Waals surface area contributed by atoms with Gasteiger partial charge in [0, 0.05) is 29.4 Å². The smallest absolute Gasteiger partial charge is 0.272 e. The molecule has 0 aromatic carbocycles. The van der Waals surface area contributed by atoms with Crippen molar-refractivity contribution in [3.05, 3.63) is 34.9 Å². The summed E-state index contributed by atoms with van der Waals surface area (Å²) < 4.78 is 0. The summed E-state index contributed by atoms with van der Waals surface area (Å²) in [6.45, 7) is 2.39. The predicted molar refractivity (Wildman–Crippen MR) is 65.1 cm³/mol. The van der Waals surface area contributed by atoms with Gasteiger partial charge in [0.25, 0.3) is 5.91 Å². The zero-order valence-corrected chi connectivity index (χ0v) is 10.2. The van der Waals surface area contributed by atoms with Gasteiger partial charge in [0.15, 0.2) is 0 Å². The molecule has 0 saturated heterocycles. The summed E-state index contributed by atoms with van der Waals surface area (Å²) in [5, 5.41) is 16.5. The molecule has 0 aliphatic heterocycles. The fraction of sp³-hybridized carbons (Fsp3) is 0.417. The molecular formula is C12H15N5O. The van der Waals surface area contributed by atoms with Crippen molar-refractivity contribution in [2.24, 2.45) is 0 Å². The van der Waals surface area contributed by atoms with Crippen LogP contribution in [-0.4, -0.2) is 26.3 Å². The van der Waals surface area contributed by atoms with Gasteiger partial charge in [-0.3, -0.25) is 15.0 Å². The molecule has 3 rings (SSSR count). The number of rotatable bonds is 4. The lowest BCUT2D eigenvalue weighted by Crippen LogP contribution is -2.23. The van der Waals surface area contributed by atoms with Gasteiger partial charge in [-0.15, -0.1) is 0 Å². The number of aromatic nitrogens is 4. The molecule has 1 amide bonds. The largest absolute Gasteiger partial charge is 0.346 e. The molecule has 6 nitrogen and oxygen atoms in total. The minimum Gasteiger partial charge on any atom is -0.346 e. The van der Waals surface area contributed by atoms with Crippen LogP contribution < -0.4 is 5.32 Å². The number of H-pyrrole nitrogens is 2. The molecule has 18 heavy (non-hydrogen) atoms. The van der Waals surface area contributed by atoms with Crippen LogP contribution in [0.25, 0.3) is 0 Å². The molecule has 2 heterocycles. The number of hydrogen-bond donors (Lipinski definition) is 3. The Morgan fingerprint density at radius 1 is 1.50 bits per heavy atom. The molecule has 1 fully saturated rings. The van der Waals surface area contributed by atoms with Crippen molar-refractivity contribution in [1.29, 1.82) is 0 Å². The maximum absolute atomic E-state index is 11.9. The molecular weight excluding hydrogens is 230 g/mol. The van der Waals surface area contributed by atoms with Gasteiger partial charge in [-0.25, -0.2) is 0 Å². The SMILES string of the molecule is Cc1[nH]ncc1CNC(=O)c1cc(C2CC2)[nH]n1. The first kappa shape index (κ1) is 11.0. The molecule has 94 valence electrons. The lowest BCUT2D eigenvalue weighted by atomic mass is 10.2. The number of aromatic amines is 2. The van der Waals surface area contributed by atoms with E-state index in [0.29, 0.717) is 18.2 Å². The second-order valence-electron chi connectivity index (χ2n) is 4.69. The van der Waals surface area contributed by atoms with E-state index in [2.05, 4.69) is 25.7 Å². The first-order valence-electron chi connectivity index (χ1n) is 6.06. The number of amides is 1. The highest BCUT2D eigenvalue weighted by molar-refractivity contribution is 5.92. The van der Waals surface area contributed by atoms with Crippen LogP contribution in [0.4, 0.5) is 0 Å². The average Bonchev–Trinajstić information content (AvgIpc) is 2.95. The Bertz CT molecular complexity index is 567. The van der Waals surface area contributed by atoms with Crippen molar-refractivity contribution in [3.8, 4) is 0 Å². The summed E-state index contributed by atoms with van der Waals surface area (Å²) in [5.74, 6) is 0.425. The molecule has 1 aliphatic carbocycles. The van der Waals surface area contributed by atoms with Crippen molar-refractivity contribution < 1.29 is 4.79 Å². The van der Waals surface area contributed by atoms with E-state index in [1.54, 1.807) is 6.20 Å². The van der Waals surface area contributed by atoms with Crippen LogP contribution in [0, 0.1) is 6.92 Å². The van der Waals surface area contributed by atoms with E-state index in [9.17, 15) is 4.79 Å². The fourth-order valence-electron chi connectivity index (χ4n) is 1.88. The van der Waals surface area contributed by atoms with Crippen LogP contribution >= 0.6 is 0 Å². The predicted octanol–water partition coefficient (Wildman–Crippen LogP) is 1.25. The first-order valence-corrected chi connectivity index (χ1v) is 6.06. The van der Waals surface area contributed by atoms with Crippen LogP contribution in [0.5, 0.6) is 0 Å². The highest BCUT2D eigenvalue weighted by Crippen LogP contribution is 2.38. The van der Waals surface area contributed by atoms with Crippen LogP contribution in [-0.2, 0) is 6.54 Å². The van der Waals surface area contributed by atoms with Crippen LogP contribution in [0.2, 0.25) is 0 Å². The van der Waals surface area contributed by atoms with Gasteiger partial charge in [-0.2, -0.15) is 10.2 Å². The molecule has 1 saturated carbocycles. The molecule has 0 radical (unpaired) electrons. The monoisotopic (exact) mass is 245 g/mol. The zero-order valence-electron chi connectivity index (χ0n) is 10.2. The Morgan fingerprint density at radius 3 is 3.00 bits per heavy atom. The third-order valence-corrected chi connectivity index (χ3v) is 3.22. The summed E-state index contributed by atoms with van der Waals surface area (Å²) in [7, 11) is 0. The Labute approximate surface area is 104 Å². The van der Waals surface area contributed by atoms with Crippen molar-refractivity contribution in [3.63, 3.8) is 0 Å². The molecule has 0 spiro atoms. The van der Waals surface area contributed by atoms with E-state index in [4.69, 9.17) is 0 Å². The highest BCUT2D eigenvalue weighted by Gasteiger charge is 2.26. The first-order chi connectivity index (χ1) is 8.74. The van der Waals surface area contributed by atoms with Crippen molar-refractivity contribution >= 4 is 5.91 Å². The maximum atomic E-state index is 11.9. The summed E-state index contributed by atoms with van der Waals surface area (Å²) >= 11 is 0. The van der Waals surface area contributed by atoms with Crippen LogP contribution in [0.15, 0.2) is 12.3 Å². The summed E-state index contributed by atoms with van der Waals surface area (Å²) in [6.07, 6.45) is 4.10. The molecule has 0 unspecified atom stereocenters. The molecule has 2 aromatic rings. The van der Waals surface area contributed by atoms with E-state index < -0.39 is 0 Å². The normalized spacial score (nSPS) is 14.7. The standard InChI is InChI=1S/C12H15N5O/c1-7-9(6-14-15-7)5-13-12(18)11-4-10(16-17-11)8-2-3-8/h4,6,8H,2-3,5H2,1H3,(H,13,18)(H,14,15)(H,16,17). The van der Waals surface area contributed by atoms with E-state index in [-0.39, 0.29) is 5.91 Å². The molecule has 0 atom stereocenters. The zero-order chi connectivity index (χ0) is 12.5. The Balaban J connectivity index is 1.62. The van der Waals surface area contributed by atoms with Gasteiger partial charge in [-0.1, -0.05) is 0 Å². The van der Waals surface area contributed by atoms with Gasteiger partial charge >= 0.3 is 0 Å². The van der Waals surface area contributed by atoms with E-state index in [1.807, 2.05) is 13.0 Å². The van der Waals surface area contributed by atoms with Gasteiger partial charge in [0.2, 0.25) is 0 Å². The summed E-state index contributed by atoms with van der Waals surface area (Å²) in [4.78, 5) is 11.9. The topological polar surface area (TPSA) is 86.5 Å². The summed E-state index contributed by atoms with van der Waals surface area (Å²) in [5.41, 5.74) is 3.48. The van der Waals surface area contributed by atoms with E-state index >= 15 is 0 Å². The minimum atomic E-state index is -0.154. The number of nitrogens with zero attached hydrogens (tertiary/aromatic N) is 2. The third kappa shape index (κ3) is 2.13. The Morgan fingerprint density at radius 2 is 2.33 bits per heavy atom. The molecule has 3 N–H and O–H groups in total. The van der Waals surface area contributed by atoms with Gasteiger partial charge in [-0.05, 0) is 25.8 Å². The lowest BCUT2D eigenvalue weighted by Gasteiger charge is -2.01. The highest BCUT2D eigenvalue weighted by atomic mass is 16.1. The Hall–Kier alpha value is -2.11. The summed E-state index contributed by atoms with van der Waals surface area (Å²) in [6, 6.07) is 1.84. The van der Waals surface area contributed by atoms with Crippen LogP contribution in [0.3, 0.4) is 0 Å².